The molecular formula is C24H18ClN5O2S. The van der Waals surface area contributed by atoms with Crippen LogP contribution in [0.3, 0.4) is 0 Å². The first-order valence-electron chi connectivity index (χ1n) is 10.2. The van der Waals surface area contributed by atoms with E-state index < -0.39 is 0 Å². The second-order valence-corrected chi connectivity index (χ2v) is 8.88. The molecule has 2 amide bonds. The molecule has 2 aromatic carbocycles. The van der Waals surface area contributed by atoms with Crippen LogP contribution < -0.4 is 10.6 Å². The van der Waals surface area contributed by atoms with Gasteiger partial charge in [-0.15, -0.1) is 11.8 Å². The van der Waals surface area contributed by atoms with Crippen molar-refractivity contribution in [3.05, 3.63) is 88.6 Å². The molecule has 0 saturated carbocycles. The van der Waals surface area contributed by atoms with Crippen molar-refractivity contribution in [1.29, 1.82) is 0 Å². The van der Waals surface area contributed by atoms with Gasteiger partial charge in [-0.05, 0) is 29.8 Å². The second kappa shape index (κ2) is 9.09. The van der Waals surface area contributed by atoms with Crippen molar-refractivity contribution in [2.45, 2.75) is 17.2 Å². The number of rotatable bonds is 6. The zero-order valence-electron chi connectivity index (χ0n) is 17.3. The van der Waals surface area contributed by atoms with Gasteiger partial charge in [-0.3, -0.25) is 14.9 Å². The van der Waals surface area contributed by atoms with Gasteiger partial charge in [0.05, 0.1) is 12.6 Å². The van der Waals surface area contributed by atoms with E-state index in [1.165, 1.54) is 5.56 Å². The van der Waals surface area contributed by atoms with Gasteiger partial charge in [-0.2, -0.15) is 5.10 Å². The monoisotopic (exact) mass is 475 g/mol. The van der Waals surface area contributed by atoms with Crippen LogP contribution in [0.2, 0.25) is 5.02 Å². The maximum absolute atomic E-state index is 12.0. The Kier molecular flexibility index (Phi) is 5.85. The normalized spacial score (nSPS) is 14.8. The number of benzene rings is 2. The molecular weight excluding hydrogens is 458 g/mol. The van der Waals surface area contributed by atoms with Crippen molar-refractivity contribution in [2.75, 3.05) is 5.32 Å². The average molecular weight is 476 g/mol. The van der Waals surface area contributed by atoms with Crippen LogP contribution in [0.4, 0.5) is 11.5 Å². The van der Waals surface area contributed by atoms with Crippen molar-refractivity contribution in [1.82, 2.24) is 19.9 Å². The quantitative estimate of drug-likeness (QED) is 0.179. The largest absolute Gasteiger partial charge is 0.340 e. The number of hydrogen-bond donors (Lipinski definition) is 2. The number of fused-ring (bicyclic) bond motifs is 1. The number of halogens is 1. The summed E-state index contributed by atoms with van der Waals surface area (Å²) in [6.45, 7) is 0. The molecule has 0 radical (unpaired) electrons. The van der Waals surface area contributed by atoms with E-state index in [9.17, 15) is 9.59 Å². The van der Waals surface area contributed by atoms with E-state index in [4.69, 9.17) is 16.6 Å². The SMILES string of the molecule is O=C1C/C(=C\c2cnn3c(SCc4ccccc4)cc(Nc4cccc(Cl)c4)nc23)C(=O)N1. The zero-order chi connectivity index (χ0) is 22.8. The molecule has 0 bridgehead atoms. The first-order valence-corrected chi connectivity index (χ1v) is 11.5. The topological polar surface area (TPSA) is 88.4 Å². The molecule has 1 aliphatic rings. The lowest BCUT2D eigenvalue weighted by Crippen LogP contribution is -2.19. The Morgan fingerprint density at radius 3 is 2.73 bits per heavy atom. The van der Waals surface area contributed by atoms with Crippen LogP contribution in [0.5, 0.6) is 0 Å². The molecule has 164 valence electrons. The number of amides is 2. The Labute approximate surface area is 198 Å². The van der Waals surface area contributed by atoms with Crippen molar-refractivity contribution in [3.8, 4) is 0 Å². The summed E-state index contributed by atoms with van der Waals surface area (Å²) in [5.41, 5.74) is 3.62. The first-order chi connectivity index (χ1) is 16.0. The lowest BCUT2D eigenvalue weighted by molar-refractivity contribution is -0.124. The molecule has 0 atom stereocenters. The van der Waals surface area contributed by atoms with Crippen LogP contribution in [-0.4, -0.2) is 26.4 Å². The van der Waals surface area contributed by atoms with Crippen molar-refractivity contribution >= 4 is 58.4 Å². The van der Waals surface area contributed by atoms with Crippen LogP contribution in [0.1, 0.15) is 17.5 Å². The fourth-order valence-electron chi connectivity index (χ4n) is 3.48. The van der Waals surface area contributed by atoms with E-state index in [1.54, 1.807) is 34.6 Å². The van der Waals surface area contributed by atoms with Gasteiger partial charge in [0.15, 0.2) is 5.65 Å². The Bertz CT molecular complexity index is 1400. The number of thioether (sulfide) groups is 1. The van der Waals surface area contributed by atoms with Gasteiger partial charge in [0.2, 0.25) is 5.91 Å². The molecule has 2 N–H and O–H groups in total. The number of aromatic nitrogens is 3. The minimum atomic E-state index is -0.383. The number of hydrogen-bond acceptors (Lipinski definition) is 6. The predicted molar refractivity (Wildman–Crippen MR) is 129 cm³/mol. The lowest BCUT2D eigenvalue weighted by atomic mass is 10.1. The minimum absolute atomic E-state index is 0.0479. The van der Waals surface area contributed by atoms with E-state index in [0.29, 0.717) is 27.6 Å². The Hall–Kier alpha value is -3.62. The molecule has 1 saturated heterocycles. The van der Waals surface area contributed by atoms with Crippen LogP contribution >= 0.6 is 23.4 Å². The number of carbonyl (C=O) groups excluding carboxylic acids is 2. The van der Waals surface area contributed by atoms with Gasteiger partial charge in [0.25, 0.3) is 5.91 Å². The fourth-order valence-corrected chi connectivity index (χ4v) is 4.62. The number of nitrogens with one attached hydrogen (secondary N) is 2. The predicted octanol–water partition coefficient (Wildman–Crippen LogP) is 4.85. The molecule has 33 heavy (non-hydrogen) atoms. The molecule has 0 aliphatic carbocycles. The zero-order valence-corrected chi connectivity index (χ0v) is 18.9. The molecule has 3 heterocycles. The lowest BCUT2D eigenvalue weighted by Gasteiger charge is -2.10. The summed E-state index contributed by atoms with van der Waals surface area (Å²) < 4.78 is 1.75. The van der Waals surface area contributed by atoms with Crippen molar-refractivity contribution in [3.63, 3.8) is 0 Å². The summed E-state index contributed by atoms with van der Waals surface area (Å²) in [5.74, 6) is 0.681. The summed E-state index contributed by atoms with van der Waals surface area (Å²) in [5, 5.41) is 11.6. The molecule has 1 aliphatic heterocycles. The van der Waals surface area contributed by atoms with Crippen molar-refractivity contribution < 1.29 is 9.59 Å². The minimum Gasteiger partial charge on any atom is -0.340 e. The Morgan fingerprint density at radius 1 is 1.12 bits per heavy atom. The van der Waals surface area contributed by atoms with Gasteiger partial charge >= 0.3 is 0 Å². The van der Waals surface area contributed by atoms with Gasteiger partial charge < -0.3 is 5.32 Å². The molecule has 5 rings (SSSR count). The Balaban J connectivity index is 1.55. The third-order valence-electron chi connectivity index (χ3n) is 5.02. The number of anilines is 2. The maximum atomic E-state index is 12.0. The number of imide groups is 1. The van der Waals surface area contributed by atoms with Gasteiger partial charge in [-0.1, -0.05) is 48.0 Å². The van der Waals surface area contributed by atoms with E-state index in [-0.39, 0.29) is 18.2 Å². The van der Waals surface area contributed by atoms with Crippen LogP contribution in [0.15, 0.2) is 77.5 Å². The van der Waals surface area contributed by atoms with Crippen molar-refractivity contribution in [2.24, 2.45) is 0 Å². The molecule has 7 nitrogen and oxygen atoms in total. The van der Waals surface area contributed by atoms with Gasteiger partial charge in [0.1, 0.15) is 10.8 Å². The maximum Gasteiger partial charge on any atom is 0.254 e. The highest BCUT2D eigenvalue weighted by Gasteiger charge is 2.24. The third kappa shape index (κ3) is 4.76. The van der Waals surface area contributed by atoms with Gasteiger partial charge in [-0.25, -0.2) is 9.50 Å². The number of nitrogens with zero attached hydrogens (tertiary/aromatic N) is 3. The molecule has 1 fully saturated rings. The summed E-state index contributed by atoms with van der Waals surface area (Å²) in [6, 6.07) is 19.5. The van der Waals surface area contributed by atoms with Gasteiger partial charge in [0, 0.05) is 33.7 Å². The van der Waals surface area contributed by atoms with E-state index in [2.05, 4.69) is 27.9 Å². The summed E-state index contributed by atoms with van der Waals surface area (Å²) in [6.07, 6.45) is 3.37. The smallest absolute Gasteiger partial charge is 0.254 e. The summed E-state index contributed by atoms with van der Waals surface area (Å²) in [4.78, 5) is 28.4. The van der Waals surface area contributed by atoms with Crippen LogP contribution in [-0.2, 0) is 15.3 Å². The molecule has 9 heteroatoms. The summed E-state index contributed by atoms with van der Waals surface area (Å²) in [7, 11) is 0. The highest BCUT2D eigenvalue weighted by Crippen LogP contribution is 2.29. The third-order valence-corrected chi connectivity index (χ3v) is 6.32. The second-order valence-electron chi connectivity index (χ2n) is 7.45. The highest BCUT2D eigenvalue weighted by molar-refractivity contribution is 7.98. The fraction of sp³-hybridized carbons (Fsp3) is 0.0833. The first kappa shape index (κ1) is 21.2. The number of carbonyl (C=O) groups is 2. The highest BCUT2D eigenvalue weighted by atomic mass is 35.5. The standard InChI is InChI=1S/C24H18ClN5O2S/c25-18-7-4-8-19(11-18)27-20-12-22(33-14-15-5-2-1-3-6-15)30-23(28-20)17(13-26-30)9-16-10-21(31)29-24(16)32/h1-9,11-13H,10,14H2,(H,27,28)(H,29,31,32)/b16-9+. The Morgan fingerprint density at radius 2 is 1.97 bits per heavy atom. The van der Waals surface area contributed by atoms with E-state index >= 15 is 0 Å². The molecule has 2 aromatic heterocycles. The molecule has 0 unspecified atom stereocenters. The molecule has 4 aromatic rings. The van der Waals surface area contributed by atoms with Crippen LogP contribution in [0, 0.1) is 0 Å². The van der Waals surface area contributed by atoms with E-state index in [0.717, 1.165) is 16.5 Å². The summed E-state index contributed by atoms with van der Waals surface area (Å²) >= 11 is 7.76. The van der Waals surface area contributed by atoms with Crippen LogP contribution in [0.25, 0.3) is 11.7 Å². The molecule has 0 spiro atoms. The van der Waals surface area contributed by atoms with E-state index in [1.807, 2.05) is 42.5 Å². The average Bonchev–Trinajstić information content (AvgIpc) is 3.35.